The Hall–Kier alpha value is -3.41. The van der Waals surface area contributed by atoms with Gasteiger partial charge >= 0.3 is 5.97 Å². The first-order valence-corrected chi connectivity index (χ1v) is 11.1. The number of methoxy groups -OCH3 is 1. The number of ether oxygens (including phenoxy) is 2. The van der Waals surface area contributed by atoms with Gasteiger partial charge in [0.15, 0.2) is 11.6 Å². The van der Waals surface area contributed by atoms with Crippen LogP contribution in [0.5, 0.6) is 11.5 Å². The van der Waals surface area contributed by atoms with E-state index in [4.69, 9.17) is 14.6 Å². The Morgan fingerprint density at radius 3 is 2.41 bits per heavy atom. The molecule has 180 valence electrons. The van der Waals surface area contributed by atoms with Gasteiger partial charge < -0.3 is 14.6 Å². The highest BCUT2D eigenvalue weighted by atomic mass is 19.1. The first kappa shape index (κ1) is 25.2. The lowest BCUT2D eigenvalue weighted by Gasteiger charge is -2.22. The summed E-state index contributed by atoms with van der Waals surface area (Å²) >= 11 is 0. The molecule has 0 bridgehead atoms. The van der Waals surface area contributed by atoms with Crippen molar-refractivity contribution in [3.63, 3.8) is 0 Å². The first-order valence-electron chi connectivity index (χ1n) is 11.1. The summed E-state index contributed by atoms with van der Waals surface area (Å²) in [4.78, 5) is 10.8. The summed E-state index contributed by atoms with van der Waals surface area (Å²) in [5.74, 6) is -1.22. The van der Waals surface area contributed by atoms with Gasteiger partial charge in [-0.05, 0) is 64.8 Å². The van der Waals surface area contributed by atoms with E-state index in [0.29, 0.717) is 23.3 Å². The van der Waals surface area contributed by atoms with Crippen LogP contribution in [0.15, 0.2) is 54.6 Å². The number of carboxylic acid groups (broad SMARTS) is 1. The van der Waals surface area contributed by atoms with Crippen LogP contribution in [-0.4, -0.2) is 18.2 Å². The van der Waals surface area contributed by atoms with Gasteiger partial charge in [-0.2, -0.15) is 0 Å². The average molecular weight is 469 g/mol. The van der Waals surface area contributed by atoms with Crippen molar-refractivity contribution < 1.29 is 28.2 Å². The van der Waals surface area contributed by atoms with E-state index in [1.54, 1.807) is 31.4 Å². The number of halogens is 2. The van der Waals surface area contributed by atoms with Crippen LogP contribution in [0.3, 0.4) is 0 Å². The van der Waals surface area contributed by atoms with Crippen LogP contribution in [0.25, 0.3) is 11.1 Å². The van der Waals surface area contributed by atoms with Gasteiger partial charge in [-0.25, -0.2) is 8.78 Å². The van der Waals surface area contributed by atoms with E-state index >= 15 is 0 Å². The molecule has 0 saturated carbocycles. The third kappa shape index (κ3) is 6.56. The number of hydrogen-bond donors (Lipinski definition) is 1. The standard InChI is InChI=1S/C28H30F2O4/c1-28(2,3)16-20-14-18(8-11-22(20)23-15-21(33-4)10-12-24(23)29)17-34-25-7-5-6-19(27(25)30)9-13-26(31)32/h5-8,10-12,14-15H,9,13,16-17H2,1-4H3,(H,31,32). The van der Waals surface area contributed by atoms with Gasteiger partial charge in [0, 0.05) is 12.0 Å². The number of carbonyl (C=O) groups is 1. The molecule has 3 aromatic rings. The maximum Gasteiger partial charge on any atom is 0.303 e. The van der Waals surface area contributed by atoms with Gasteiger partial charge in [0.1, 0.15) is 18.2 Å². The Bertz CT molecular complexity index is 1170. The third-order valence-electron chi connectivity index (χ3n) is 5.40. The molecule has 0 aliphatic rings. The van der Waals surface area contributed by atoms with Crippen molar-refractivity contribution in [1.82, 2.24) is 0 Å². The molecule has 0 unspecified atom stereocenters. The van der Waals surface area contributed by atoms with Gasteiger partial charge in [-0.1, -0.05) is 51.1 Å². The van der Waals surface area contributed by atoms with Gasteiger partial charge in [0.05, 0.1) is 7.11 Å². The van der Waals surface area contributed by atoms with Crippen molar-refractivity contribution in [2.45, 2.75) is 46.6 Å². The van der Waals surface area contributed by atoms with Crippen molar-refractivity contribution >= 4 is 5.97 Å². The summed E-state index contributed by atoms with van der Waals surface area (Å²) in [5.41, 5.74) is 3.27. The van der Waals surface area contributed by atoms with E-state index in [-0.39, 0.29) is 36.4 Å². The van der Waals surface area contributed by atoms with Crippen molar-refractivity contribution in [2.75, 3.05) is 7.11 Å². The third-order valence-corrected chi connectivity index (χ3v) is 5.40. The number of benzene rings is 3. The van der Waals surface area contributed by atoms with Gasteiger partial charge in [-0.3, -0.25) is 4.79 Å². The largest absolute Gasteiger partial charge is 0.497 e. The summed E-state index contributed by atoms with van der Waals surface area (Å²) in [6, 6.07) is 15.1. The normalized spacial score (nSPS) is 11.4. The van der Waals surface area contributed by atoms with E-state index in [0.717, 1.165) is 16.7 Å². The molecule has 3 rings (SSSR count). The van der Waals surface area contributed by atoms with Crippen molar-refractivity contribution in [2.24, 2.45) is 5.41 Å². The number of hydrogen-bond acceptors (Lipinski definition) is 3. The van der Waals surface area contributed by atoms with Crippen LogP contribution in [0.4, 0.5) is 8.78 Å². The van der Waals surface area contributed by atoms with Crippen LogP contribution in [0, 0.1) is 17.0 Å². The molecule has 0 spiro atoms. The maximum absolute atomic E-state index is 14.8. The van der Waals surface area contributed by atoms with Gasteiger partial charge in [0.2, 0.25) is 0 Å². The summed E-state index contributed by atoms with van der Waals surface area (Å²) in [6.45, 7) is 6.46. The molecule has 34 heavy (non-hydrogen) atoms. The molecule has 0 saturated heterocycles. The second kappa shape index (κ2) is 10.7. The SMILES string of the molecule is COc1ccc(F)c(-c2ccc(COc3cccc(CCC(=O)O)c3F)cc2CC(C)(C)C)c1. The summed E-state index contributed by atoms with van der Waals surface area (Å²) in [6.07, 6.45) is 0.638. The van der Waals surface area contributed by atoms with Crippen molar-refractivity contribution in [3.05, 3.63) is 82.9 Å². The molecule has 0 amide bonds. The van der Waals surface area contributed by atoms with E-state index in [1.807, 2.05) is 18.2 Å². The molecular weight excluding hydrogens is 438 g/mol. The molecule has 0 atom stereocenters. The first-order chi connectivity index (χ1) is 16.1. The highest BCUT2D eigenvalue weighted by Gasteiger charge is 2.18. The Kier molecular flexibility index (Phi) is 7.92. The Morgan fingerprint density at radius 2 is 1.74 bits per heavy atom. The van der Waals surface area contributed by atoms with Crippen LogP contribution >= 0.6 is 0 Å². The Morgan fingerprint density at radius 1 is 0.971 bits per heavy atom. The zero-order valence-electron chi connectivity index (χ0n) is 20.0. The molecular formula is C28H30F2O4. The lowest BCUT2D eigenvalue weighted by Crippen LogP contribution is -2.11. The topological polar surface area (TPSA) is 55.8 Å². The van der Waals surface area contributed by atoms with Crippen LogP contribution < -0.4 is 9.47 Å². The van der Waals surface area contributed by atoms with Gasteiger partial charge in [0.25, 0.3) is 0 Å². The summed E-state index contributed by atoms with van der Waals surface area (Å²) in [7, 11) is 1.54. The van der Waals surface area contributed by atoms with E-state index in [2.05, 4.69) is 20.8 Å². The predicted octanol–water partition coefficient (Wildman–Crippen LogP) is 6.83. The molecule has 1 N–H and O–H groups in total. The zero-order valence-corrected chi connectivity index (χ0v) is 20.0. The fourth-order valence-electron chi connectivity index (χ4n) is 3.82. The predicted molar refractivity (Wildman–Crippen MR) is 128 cm³/mol. The van der Waals surface area contributed by atoms with Crippen LogP contribution in [-0.2, 0) is 24.2 Å². The molecule has 0 aliphatic carbocycles. The minimum atomic E-state index is -0.982. The minimum absolute atomic E-state index is 0.0475. The molecule has 4 nitrogen and oxygen atoms in total. The van der Waals surface area contributed by atoms with E-state index < -0.39 is 11.8 Å². The van der Waals surface area contributed by atoms with Crippen molar-refractivity contribution in [3.8, 4) is 22.6 Å². The summed E-state index contributed by atoms with van der Waals surface area (Å²) < 4.78 is 40.5. The van der Waals surface area contributed by atoms with E-state index in [1.165, 1.54) is 12.1 Å². The van der Waals surface area contributed by atoms with Crippen molar-refractivity contribution in [1.29, 1.82) is 0 Å². The van der Waals surface area contributed by atoms with E-state index in [9.17, 15) is 13.6 Å². The molecule has 0 radical (unpaired) electrons. The fraction of sp³-hybridized carbons (Fsp3) is 0.321. The number of rotatable bonds is 9. The molecule has 0 heterocycles. The molecule has 0 fully saturated rings. The van der Waals surface area contributed by atoms with Crippen LogP contribution in [0.1, 0.15) is 43.9 Å². The second-order valence-corrected chi connectivity index (χ2v) is 9.49. The Balaban J connectivity index is 1.89. The summed E-state index contributed by atoms with van der Waals surface area (Å²) in [5, 5.41) is 8.86. The highest BCUT2D eigenvalue weighted by molar-refractivity contribution is 5.70. The van der Waals surface area contributed by atoms with Crippen LogP contribution in [0.2, 0.25) is 0 Å². The lowest BCUT2D eigenvalue weighted by molar-refractivity contribution is -0.136. The zero-order chi connectivity index (χ0) is 24.9. The number of aliphatic carboxylic acids is 1. The average Bonchev–Trinajstić information content (AvgIpc) is 2.77. The fourth-order valence-corrected chi connectivity index (χ4v) is 3.82. The monoisotopic (exact) mass is 468 g/mol. The minimum Gasteiger partial charge on any atom is -0.497 e. The Labute approximate surface area is 199 Å². The molecule has 0 aliphatic heterocycles. The molecule has 6 heteroatoms. The van der Waals surface area contributed by atoms with Gasteiger partial charge in [-0.15, -0.1) is 0 Å². The highest BCUT2D eigenvalue weighted by Crippen LogP contribution is 2.34. The quantitative estimate of drug-likeness (QED) is 0.374. The smallest absolute Gasteiger partial charge is 0.303 e. The number of carboxylic acids is 1. The number of aryl methyl sites for hydroxylation is 1. The lowest BCUT2D eigenvalue weighted by atomic mass is 9.84. The second-order valence-electron chi connectivity index (χ2n) is 9.49. The molecule has 3 aromatic carbocycles. The maximum atomic E-state index is 14.8. The molecule has 0 aromatic heterocycles.